The second kappa shape index (κ2) is 9.65. The van der Waals surface area contributed by atoms with Crippen LogP contribution in [-0.2, 0) is 26.7 Å². The van der Waals surface area contributed by atoms with Crippen LogP contribution in [0.2, 0.25) is 0 Å². The molecule has 1 fully saturated rings. The lowest BCUT2D eigenvalue weighted by atomic mass is 10.0. The Morgan fingerprint density at radius 1 is 1.05 bits per heavy atom. The highest BCUT2D eigenvalue weighted by Gasteiger charge is 2.48. The van der Waals surface area contributed by atoms with Crippen molar-refractivity contribution >= 4 is 33.4 Å². The largest absolute Gasteiger partial charge is 0.352 e. The number of hydrogen-bond donors (Lipinski definition) is 1. The maximum atomic E-state index is 14.3. The van der Waals surface area contributed by atoms with Gasteiger partial charge in [-0.2, -0.15) is 13.9 Å². The Bertz CT molecular complexity index is 1590. The number of halogens is 4. The first-order chi connectivity index (χ1) is 18.7. The van der Waals surface area contributed by atoms with E-state index in [-0.39, 0.29) is 36.7 Å². The molecule has 0 radical (unpaired) electrons. The van der Waals surface area contributed by atoms with E-state index in [4.69, 9.17) is 9.84 Å². The van der Waals surface area contributed by atoms with Crippen LogP contribution >= 0.6 is 15.9 Å². The number of carbonyl (C=O) groups is 2. The molecule has 0 spiro atoms. The molecule has 0 aliphatic carbocycles. The molecular formula is C28H20BrF3N4O3. The number of nitrogens with one attached hydrogen (secondary N) is 1. The van der Waals surface area contributed by atoms with Crippen molar-refractivity contribution in [3.8, 4) is 16.9 Å². The Kier molecular flexibility index (Phi) is 6.27. The van der Waals surface area contributed by atoms with Gasteiger partial charge >= 0.3 is 5.92 Å². The molecule has 0 saturated carbocycles. The van der Waals surface area contributed by atoms with Crippen LogP contribution in [0.3, 0.4) is 0 Å². The molecule has 11 heteroatoms. The van der Waals surface area contributed by atoms with Gasteiger partial charge in [0.05, 0.1) is 16.9 Å². The molecule has 1 atom stereocenters. The zero-order chi connectivity index (χ0) is 27.3. The van der Waals surface area contributed by atoms with Crippen LogP contribution in [0.5, 0.6) is 0 Å². The molecule has 3 aromatic carbocycles. The summed E-state index contributed by atoms with van der Waals surface area (Å²) in [6.45, 7) is 0.0270. The van der Waals surface area contributed by atoms with Gasteiger partial charge in [-0.15, -0.1) is 0 Å². The molecule has 0 bridgehead atoms. The van der Waals surface area contributed by atoms with Crippen LogP contribution < -0.4 is 5.32 Å². The molecule has 2 amide bonds. The van der Waals surface area contributed by atoms with Gasteiger partial charge in [-0.1, -0.05) is 22.0 Å². The predicted octanol–water partition coefficient (Wildman–Crippen LogP) is 5.58. The molecule has 39 heavy (non-hydrogen) atoms. The Labute approximate surface area is 229 Å². The van der Waals surface area contributed by atoms with E-state index in [1.165, 1.54) is 29.2 Å². The highest BCUT2D eigenvalue weighted by Crippen LogP contribution is 2.41. The minimum absolute atomic E-state index is 0.0801. The average molecular weight is 597 g/mol. The summed E-state index contributed by atoms with van der Waals surface area (Å²) in [4.78, 5) is 26.0. The van der Waals surface area contributed by atoms with Gasteiger partial charge in [0, 0.05) is 28.3 Å². The van der Waals surface area contributed by atoms with Crippen LogP contribution in [0.1, 0.15) is 22.9 Å². The van der Waals surface area contributed by atoms with Gasteiger partial charge in [0.1, 0.15) is 18.1 Å². The van der Waals surface area contributed by atoms with Crippen molar-refractivity contribution in [3.05, 3.63) is 99.9 Å². The van der Waals surface area contributed by atoms with Gasteiger partial charge in [-0.3, -0.25) is 9.59 Å². The van der Waals surface area contributed by atoms with Crippen molar-refractivity contribution in [2.75, 3.05) is 18.5 Å². The van der Waals surface area contributed by atoms with Gasteiger partial charge in [-0.05, 0) is 72.6 Å². The van der Waals surface area contributed by atoms with Gasteiger partial charge < -0.3 is 15.0 Å². The molecule has 1 N–H and O–H groups in total. The number of alkyl halides is 2. The molecule has 1 aromatic heterocycles. The topological polar surface area (TPSA) is 76.5 Å². The Balaban J connectivity index is 1.32. The third-order valence-corrected chi connectivity index (χ3v) is 7.31. The zero-order valence-electron chi connectivity index (χ0n) is 20.2. The van der Waals surface area contributed by atoms with Gasteiger partial charge in [0.15, 0.2) is 6.23 Å². The van der Waals surface area contributed by atoms with Crippen LogP contribution in [0, 0.1) is 5.82 Å². The molecule has 198 valence electrons. The first-order valence-electron chi connectivity index (χ1n) is 12.1. The van der Waals surface area contributed by atoms with Crippen molar-refractivity contribution in [3.63, 3.8) is 0 Å². The zero-order valence-corrected chi connectivity index (χ0v) is 21.8. The van der Waals surface area contributed by atoms with Crippen LogP contribution in [0.4, 0.5) is 18.9 Å². The SMILES string of the molecule is O=C1COC(c2cn(-c3ccc(Br)cc3)nc2-c2ccc(F)cc2)N1CCc1ccc2c(c1)C(F)(F)C(=O)N2. The number of ether oxygens (including phenoxy) is 1. The molecule has 1 unspecified atom stereocenters. The van der Waals surface area contributed by atoms with Gasteiger partial charge in [0.2, 0.25) is 0 Å². The lowest BCUT2D eigenvalue weighted by molar-refractivity contribution is -0.139. The minimum Gasteiger partial charge on any atom is -0.344 e. The van der Waals surface area contributed by atoms with E-state index in [9.17, 15) is 22.8 Å². The summed E-state index contributed by atoms with van der Waals surface area (Å²) in [5.74, 6) is -5.61. The monoisotopic (exact) mass is 596 g/mol. The van der Waals surface area contributed by atoms with E-state index in [0.717, 1.165) is 10.2 Å². The molecule has 6 rings (SSSR count). The highest BCUT2D eigenvalue weighted by molar-refractivity contribution is 9.10. The van der Waals surface area contributed by atoms with E-state index in [1.54, 1.807) is 29.1 Å². The van der Waals surface area contributed by atoms with E-state index in [2.05, 4.69) is 21.2 Å². The van der Waals surface area contributed by atoms with E-state index in [0.29, 0.717) is 22.4 Å². The second-order valence-corrected chi connectivity index (χ2v) is 10.2. The molecule has 4 aromatic rings. The number of hydrogen-bond acceptors (Lipinski definition) is 4. The van der Waals surface area contributed by atoms with Crippen LogP contribution in [0.15, 0.2) is 77.4 Å². The summed E-state index contributed by atoms with van der Waals surface area (Å²) in [6, 6.07) is 17.7. The molecule has 2 aliphatic heterocycles. The summed E-state index contributed by atoms with van der Waals surface area (Å²) in [5.41, 5.74) is 2.79. The number of benzene rings is 3. The number of anilines is 1. The smallest absolute Gasteiger partial charge is 0.344 e. The second-order valence-electron chi connectivity index (χ2n) is 9.27. The fourth-order valence-electron chi connectivity index (χ4n) is 4.77. The van der Waals surface area contributed by atoms with Gasteiger partial charge in [-0.25, -0.2) is 9.07 Å². The third-order valence-electron chi connectivity index (χ3n) is 6.78. The van der Waals surface area contributed by atoms with E-state index >= 15 is 0 Å². The maximum Gasteiger partial charge on any atom is 0.352 e. The summed E-state index contributed by atoms with van der Waals surface area (Å²) in [7, 11) is 0. The van der Waals surface area contributed by atoms with E-state index < -0.39 is 23.9 Å². The number of amides is 2. The lowest BCUT2D eigenvalue weighted by Crippen LogP contribution is -2.31. The first kappa shape index (κ1) is 25.3. The standard InChI is InChI=1S/C28H20BrF3N4O3/c29-18-4-8-20(9-5-18)36-14-21(25(34-36)17-2-6-19(30)7-3-17)26-35(24(37)15-39-26)12-11-16-1-10-23-22(13-16)28(31,32)27(38)33-23/h1-10,13-14,26H,11-12,15H2,(H,33,38). The Hall–Kier alpha value is -3.96. The number of rotatable bonds is 6. The summed E-state index contributed by atoms with van der Waals surface area (Å²) in [6.07, 6.45) is 1.24. The average Bonchev–Trinajstić information content (AvgIpc) is 3.58. The molecule has 1 saturated heterocycles. The Morgan fingerprint density at radius 2 is 1.79 bits per heavy atom. The Morgan fingerprint density at radius 3 is 2.54 bits per heavy atom. The lowest BCUT2D eigenvalue weighted by Gasteiger charge is -2.23. The maximum absolute atomic E-state index is 14.3. The number of nitrogens with zero attached hydrogens (tertiary/aromatic N) is 3. The van der Waals surface area contributed by atoms with Crippen molar-refractivity contribution in [2.45, 2.75) is 18.6 Å². The minimum atomic E-state index is -3.61. The van der Waals surface area contributed by atoms with Gasteiger partial charge in [0.25, 0.3) is 11.8 Å². The number of aromatic nitrogens is 2. The van der Waals surface area contributed by atoms with Crippen molar-refractivity contribution < 1.29 is 27.5 Å². The van der Waals surface area contributed by atoms with E-state index in [1.807, 2.05) is 24.3 Å². The predicted molar refractivity (Wildman–Crippen MR) is 140 cm³/mol. The third kappa shape index (κ3) is 4.61. The fraction of sp³-hybridized carbons (Fsp3) is 0.179. The first-order valence-corrected chi connectivity index (χ1v) is 12.9. The highest BCUT2D eigenvalue weighted by atomic mass is 79.9. The fourth-order valence-corrected chi connectivity index (χ4v) is 5.03. The summed E-state index contributed by atoms with van der Waals surface area (Å²) in [5, 5.41) is 6.92. The van der Waals surface area contributed by atoms with Crippen molar-refractivity contribution in [2.24, 2.45) is 0 Å². The molecular weight excluding hydrogens is 577 g/mol. The van der Waals surface area contributed by atoms with Crippen LogP contribution in [0.25, 0.3) is 16.9 Å². The number of fused-ring (bicyclic) bond motifs is 1. The number of carbonyl (C=O) groups excluding carboxylic acids is 2. The normalized spacial score (nSPS) is 17.9. The summed E-state index contributed by atoms with van der Waals surface area (Å²) >= 11 is 3.42. The molecule has 2 aliphatic rings. The van der Waals surface area contributed by atoms with Crippen LogP contribution in [-0.4, -0.2) is 39.6 Å². The molecule has 7 nitrogen and oxygen atoms in total. The summed E-state index contributed by atoms with van der Waals surface area (Å²) < 4.78 is 50.6. The van der Waals surface area contributed by atoms with Crippen molar-refractivity contribution in [1.29, 1.82) is 0 Å². The molecule has 3 heterocycles. The van der Waals surface area contributed by atoms with Crippen molar-refractivity contribution in [1.82, 2.24) is 14.7 Å². The quantitative estimate of drug-likeness (QED) is 0.315.